The molecule has 0 aliphatic rings. The molecule has 1 amide bonds. The van der Waals surface area contributed by atoms with Crippen molar-refractivity contribution in [1.29, 1.82) is 0 Å². The summed E-state index contributed by atoms with van der Waals surface area (Å²) in [5.41, 5.74) is 0.705. The van der Waals surface area contributed by atoms with Gasteiger partial charge in [-0.2, -0.15) is 0 Å². The average Bonchev–Trinajstić information content (AvgIpc) is 3.01. The Bertz CT molecular complexity index is 749. The lowest BCUT2D eigenvalue weighted by Gasteiger charge is -2.15. The third-order valence-electron chi connectivity index (χ3n) is 3.39. The number of rotatable bonds is 3. The number of amides is 1. The number of hydrogen-bond donors (Lipinski definition) is 1. The SMILES string of the molecule is COC(=O)c1cc(C(C)(C)C)sc1NC(=O)c1cc(C)oc1C. The van der Waals surface area contributed by atoms with Crippen LogP contribution in [0.4, 0.5) is 5.00 Å². The Hall–Kier alpha value is -2.08. The van der Waals surface area contributed by atoms with Gasteiger partial charge in [0.2, 0.25) is 0 Å². The normalized spacial score (nSPS) is 11.4. The third-order valence-corrected chi connectivity index (χ3v) is 4.87. The van der Waals surface area contributed by atoms with Crippen LogP contribution in [0.15, 0.2) is 16.5 Å². The van der Waals surface area contributed by atoms with Crippen LogP contribution in [0.1, 0.15) is 57.9 Å². The van der Waals surface area contributed by atoms with Crippen LogP contribution in [0.2, 0.25) is 0 Å². The van der Waals surface area contributed by atoms with Gasteiger partial charge in [0.15, 0.2) is 0 Å². The van der Waals surface area contributed by atoms with Crippen LogP contribution in [0, 0.1) is 13.8 Å². The van der Waals surface area contributed by atoms with Gasteiger partial charge in [0.1, 0.15) is 16.5 Å². The number of anilines is 1. The lowest BCUT2D eigenvalue weighted by Crippen LogP contribution is -2.13. The standard InChI is InChI=1S/C17H21NO4S/c1-9-7-11(10(2)22-9)14(19)18-15-12(16(20)21-6)8-13(23-15)17(3,4)5/h7-8H,1-6H3,(H,18,19). The third kappa shape index (κ3) is 3.64. The molecule has 0 atom stereocenters. The molecule has 0 saturated carbocycles. The highest BCUT2D eigenvalue weighted by Gasteiger charge is 2.25. The molecule has 5 nitrogen and oxygen atoms in total. The second-order valence-electron chi connectivity index (χ2n) is 6.38. The fourth-order valence-electron chi connectivity index (χ4n) is 2.14. The Kier molecular flexibility index (Phi) is 4.66. The number of ether oxygens (including phenoxy) is 1. The molecule has 0 aromatic carbocycles. The van der Waals surface area contributed by atoms with E-state index < -0.39 is 5.97 Å². The molecule has 6 heteroatoms. The number of aryl methyl sites for hydroxylation is 2. The number of esters is 1. The lowest BCUT2D eigenvalue weighted by atomic mass is 9.94. The van der Waals surface area contributed by atoms with E-state index in [1.165, 1.54) is 18.4 Å². The molecule has 0 fully saturated rings. The van der Waals surface area contributed by atoms with Crippen molar-refractivity contribution in [2.45, 2.75) is 40.0 Å². The van der Waals surface area contributed by atoms with Crippen LogP contribution >= 0.6 is 11.3 Å². The molecule has 0 spiro atoms. The largest absolute Gasteiger partial charge is 0.466 e. The second-order valence-corrected chi connectivity index (χ2v) is 7.43. The first-order chi connectivity index (χ1) is 10.6. The van der Waals surface area contributed by atoms with Crippen molar-refractivity contribution >= 4 is 28.2 Å². The fourth-order valence-corrected chi connectivity index (χ4v) is 3.24. The Balaban J connectivity index is 2.38. The quantitative estimate of drug-likeness (QED) is 0.849. The number of carbonyl (C=O) groups excluding carboxylic acids is 2. The minimum Gasteiger partial charge on any atom is -0.466 e. The van der Waals surface area contributed by atoms with Gasteiger partial charge in [0.05, 0.1) is 18.2 Å². The highest BCUT2D eigenvalue weighted by Crippen LogP contribution is 2.36. The first kappa shape index (κ1) is 17.3. The Morgan fingerprint density at radius 3 is 2.30 bits per heavy atom. The second kappa shape index (κ2) is 6.20. The monoisotopic (exact) mass is 335 g/mol. The number of hydrogen-bond acceptors (Lipinski definition) is 5. The number of methoxy groups -OCH3 is 1. The highest BCUT2D eigenvalue weighted by atomic mass is 32.1. The summed E-state index contributed by atoms with van der Waals surface area (Å²) in [6.45, 7) is 9.67. The molecular weight excluding hydrogens is 314 g/mol. The summed E-state index contributed by atoms with van der Waals surface area (Å²) in [6.07, 6.45) is 0. The van der Waals surface area contributed by atoms with Crippen molar-refractivity contribution in [3.63, 3.8) is 0 Å². The smallest absolute Gasteiger partial charge is 0.340 e. The van der Waals surface area contributed by atoms with Crippen LogP contribution in [-0.4, -0.2) is 19.0 Å². The van der Waals surface area contributed by atoms with E-state index in [0.29, 0.717) is 27.6 Å². The first-order valence-electron chi connectivity index (χ1n) is 7.24. The van der Waals surface area contributed by atoms with Gasteiger partial charge in [0, 0.05) is 4.88 Å². The molecule has 0 aliphatic carbocycles. The van der Waals surface area contributed by atoms with Gasteiger partial charge in [-0.3, -0.25) is 4.79 Å². The van der Waals surface area contributed by atoms with E-state index in [0.717, 1.165) is 4.88 Å². The van der Waals surface area contributed by atoms with Crippen LogP contribution in [0.3, 0.4) is 0 Å². The first-order valence-corrected chi connectivity index (χ1v) is 8.06. The minimum atomic E-state index is -0.466. The number of thiophene rings is 1. The molecule has 2 heterocycles. The predicted molar refractivity (Wildman–Crippen MR) is 90.5 cm³/mol. The maximum absolute atomic E-state index is 12.5. The summed E-state index contributed by atoms with van der Waals surface area (Å²) in [5.74, 6) is 0.452. The molecule has 2 aromatic heterocycles. The molecule has 2 aromatic rings. The van der Waals surface area contributed by atoms with Crippen LogP contribution in [0.25, 0.3) is 0 Å². The van der Waals surface area contributed by atoms with Gasteiger partial charge >= 0.3 is 5.97 Å². The van der Waals surface area contributed by atoms with Crippen molar-refractivity contribution in [2.75, 3.05) is 12.4 Å². The van der Waals surface area contributed by atoms with Crippen LogP contribution in [0.5, 0.6) is 0 Å². The molecule has 0 radical (unpaired) electrons. The summed E-state index contributed by atoms with van der Waals surface area (Å²) in [6, 6.07) is 3.46. The van der Waals surface area contributed by atoms with Gasteiger partial charge in [0.25, 0.3) is 5.91 Å². The number of carbonyl (C=O) groups is 2. The van der Waals surface area contributed by atoms with Crippen molar-refractivity contribution in [3.05, 3.63) is 39.7 Å². The average molecular weight is 335 g/mol. The molecule has 0 unspecified atom stereocenters. The van der Waals surface area contributed by atoms with Gasteiger partial charge in [-0.15, -0.1) is 11.3 Å². The van der Waals surface area contributed by atoms with E-state index in [1.54, 1.807) is 26.0 Å². The highest BCUT2D eigenvalue weighted by molar-refractivity contribution is 7.16. The van der Waals surface area contributed by atoms with Crippen molar-refractivity contribution in [1.82, 2.24) is 0 Å². The predicted octanol–water partition coefficient (Wildman–Crippen LogP) is 4.29. The zero-order valence-corrected chi connectivity index (χ0v) is 15.0. The van der Waals surface area contributed by atoms with Gasteiger partial charge in [-0.05, 0) is 31.4 Å². The molecule has 124 valence electrons. The molecule has 2 rings (SSSR count). The summed E-state index contributed by atoms with van der Waals surface area (Å²) in [5, 5.41) is 3.30. The molecule has 23 heavy (non-hydrogen) atoms. The van der Waals surface area contributed by atoms with E-state index in [9.17, 15) is 9.59 Å². The fraction of sp³-hybridized carbons (Fsp3) is 0.412. The Labute approximate surface area is 139 Å². The van der Waals surface area contributed by atoms with E-state index in [-0.39, 0.29) is 11.3 Å². The molecular formula is C17H21NO4S. The summed E-state index contributed by atoms with van der Waals surface area (Å²) in [7, 11) is 1.33. The van der Waals surface area contributed by atoms with E-state index >= 15 is 0 Å². The van der Waals surface area contributed by atoms with E-state index in [2.05, 4.69) is 26.1 Å². The zero-order chi connectivity index (χ0) is 17.4. The molecule has 0 aliphatic heterocycles. The number of nitrogens with one attached hydrogen (secondary N) is 1. The summed E-state index contributed by atoms with van der Waals surface area (Å²) >= 11 is 1.38. The topological polar surface area (TPSA) is 68.5 Å². The van der Waals surface area contributed by atoms with Crippen molar-refractivity contribution in [2.24, 2.45) is 0 Å². The van der Waals surface area contributed by atoms with Gasteiger partial charge in [-0.1, -0.05) is 20.8 Å². The number of furan rings is 1. The minimum absolute atomic E-state index is 0.126. The maximum Gasteiger partial charge on any atom is 0.340 e. The van der Waals surface area contributed by atoms with Crippen LogP contribution in [-0.2, 0) is 10.2 Å². The molecule has 0 saturated heterocycles. The Morgan fingerprint density at radius 2 is 1.83 bits per heavy atom. The Morgan fingerprint density at radius 1 is 1.17 bits per heavy atom. The lowest BCUT2D eigenvalue weighted by molar-refractivity contribution is 0.0602. The molecule has 1 N–H and O–H groups in total. The van der Waals surface area contributed by atoms with Crippen molar-refractivity contribution < 1.29 is 18.7 Å². The van der Waals surface area contributed by atoms with Gasteiger partial charge < -0.3 is 14.5 Å². The molecule has 0 bridgehead atoms. The maximum atomic E-state index is 12.5. The summed E-state index contributed by atoms with van der Waals surface area (Å²) in [4.78, 5) is 25.4. The van der Waals surface area contributed by atoms with E-state index in [4.69, 9.17) is 9.15 Å². The van der Waals surface area contributed by atoms with Gasteiger partial charge in [-0.25, -0.2) is 4.79 Å². The van der Waals surface area contributed by atoms with Crippen molar-refractivity contribution in [3.8, 4) is 0 Å². The summed E-state index contributed by atoms with van der Waals surface area (Å²) < 4.78 is 10.2. The van der Waals surface area contributed by atoms with E-state index in [1.807, 2.05) is 0 Å². The zero-order valence-electron chi connectivity index (χ0n) is 14.2. The van der Waals surface area contributed by atoms with Crippen LogP contribution < -0.4 is 5.32 Å².